The van der Waals surface area contributed by atoms with Crippen LogP contribution >= 0.6 is 0 Å². The van der Waals surface area contributed by atoms with Gasteiger partial charge in [-0.3, -0.25) is 14.2 Å². The number of hydrogen-bond donors (Lipinski definition) is 2. The van der Waals surface area contributed by atoms with Crippen molar-refractivity contribution in [3.05, 3.63) is 45.9 Å². The molecule has 1 amide bonds. The molecule has 1 aromatic carbocycles. The van der Waals surface area contributed by atoms with Gasteiger partial charge in [0.05, 0.1) is 6.10 Å². The predicted octanol–water partition coefficient (Wildman–Crippen LogP) is 0.209. The lowest BCUT2D eigenvalue weighted by Gasteiger charge is -2.16. The van der Waals surface area contributed by atoms with Gasteiger partial charge < -0.3 is 15.3 Å². The second-order valence-corrected chi connectivity index (χ2v) is 5.85. The third-order valence-corrected chi connectivity index (χ3v) is 3.84. The molecule has 0 unspecified atom stereocenters. The third kappa shape index (κ3) is 3.00. The van der Waals surface area contributed by atoms with E-state index in [0.29, 0.717) is 19.0 Å². The minimum atomic E-state index is -0.698. The zero-order valence-electron chi connectivity index (χ0n) is 13.6. The van der Waals surface area contributed by atoms with E-state index in [1.807, 2.05) is 36.1 Å². The van der Waals surface area contributed by atoms with Gasteiger partial charge in [-0.1, -0.05) is 17.7 Å². The van der Waals surface area contributed by atoms with Crippen LogP contribution in [-0.2, 0) is 6.54 Å². The Labute approximate surface area is 138 Å². The topological polar surface area (TPSA) is 100 Å². The molecule has 2 heterocycles. The Kier molecular flexibility index (Phi) is 4.30. The summed E-state index contributed by atoms with van der Waals surface area (Å²) in [5.41, 5.74) is 1.33. The van der Waals surface area contributed by atoms with Crippen molar-refractivity contribution in [2.24, 2.45) is 0 Å². The van der Waals surface area contributed by atoms with E-state index < -0.39 is 17.6 Å². The van der Waals surface area contributed by atoms with Crippen LogP contribution < -0.4 is 15.8 Å². The van der Waals surface area contributed by atoms with Gasteiger partial charge in [0, 0.05) is 25.3 Å². The summed E-state index contributed by atoms with van der Waals surface area (Å²) in [6.07, 6.45) is -0.698. The monoisotopic (exact) mass is 329 g/mol. The second-order valence-electron chi connectivity index (χ2n) is 5.85. The zero-order chi connectivity index (χ0) is 17.3. The highest BCUT2D eigenvalue weighted by atomic mass is 16.3. The number of aliphatic hydroxyl groups excluding tert-OH is 1. The molecule has 0 spiro atoms. The number of aromatic nitrogens is 3. The number of aliphatic hydroxyl groups is 1. The number of anilines is 2. The number of nitrogens with one attached hydrogen (secondary N) is 1. The molecule has 1 atom stereocenters. The van der Waals surface area contributed by atoms with Crippen LogP contribution in [0.3, 0.4) is 0 Å². The molecule has 0 fully saturated rings. The Balaban J connectivity index is 1.89. The lowest BCUT2D eigenvalue weighted by Crippen LogP contribution is -2.37. The summed E-state index contributed by atoms with van der Waals surface area (Å²) in [5, 5.41) is 19.5. The molecule has 24 heavy (non-hydrogen) atoms. The molecule has 2 N–H and O–H groups in total. The fourth-order valence-corrected chi connectivity index (χ4v) is 2.55. The highest BCUT2D eigenvalue weighted by molar-refractivity contribution is 5.91. The zero-order valence-corrected chi connectivity index (χ0v) is 13.6. The molecule has 8 heteroatoms. The van der Waals surface area contributed by atoms with Gasteiger partial charge in [0.15, 0.2) is 0 Å². The summed E-state index contributed by atoms with van der Waals surface area (Å²) in [6.45, 7) is 4.63. The Morgan fingerprint density at radius 2 is 2.00 bits per heavy atom. The van der Waals surface area contributed by atoms with Crippen LogP contribution in [0.15, 0.2) is 29.1 Å². The Hall–Kier alpha value is -2.74. The molecule has 1 aliphatic heterocycles. The number of fused-ring (bicyclic) bond motifs is 1. The average Bonchev–Trinajstić information content (AvgIpc) is 2.98. The first-order chi connectivity index (χ1) is 11.5. The van der Waals surface area contributed by atoms with Crippen molar-refractivity contribution < 1.29 is 9.90 Å². The highest BCUT2D eigenvalue weighted by Gasteiger charge is 2.27. The van der Waals surface area contributed by atoms with E-state index in [1.165, 1.54) is 4.57 Å². The number of aryl methyl sites for hydroxylation is 1. The van der Waals surface area contributed by atoms with E-state index in [0.717, 1.165) is 11.3 Å². The predicted molar refractivity (Wildman–Crippen MR) is 88.5 cm³/mol. The van der Waals surface area contributed by atoms with Crippen LogP contribution in [0.2, 0.25) is 0 Å². The maximum absolute atomic E-state index is 12.5. The normalized spacial score (nSPS) is 14.4. The lowest BCUT2D eigenvalue weighted by atomic mass is 10.2. The molecule has 1 aromatic heterocycles. The molecule has 0 aliphatic carbocycles. The molecule has 0 radical (unpaired) electrons. The summed E-state index contributed by atoms with van der Waals surface area (Å²) in [5.74, 6) is -0.201. The minimum absolute atomic E-state index is 0.0528. The van der Waals surface area contributed by atoms with Crippen molar-refractivity contribution in [1.29, 1.82) is 0 Å². The quantitative estimate of drug-likeness (QED) is 0.832. The molecule has 8 nitrogen and oxygen atoms in total. The standard InChI is InChI=1S/C16H19N5O3/c1-10-3-5-12(6-4-10)20-7-8-21-15(24)13(18-19-16(20)21)14(23)17-9-11(2)22/h3-6,11,22H,7-9H2,1-2H3,(H,17,23)/t11-/m0/s1. The van der Waals surface area contributed by atoms with Crippen LogP contribution in [0.4, 0.5) is 11.6 Å². The first-order valence-electron chi connectivity index (χ1n) is 7.75. The van der Waals surface area contributed by atoms with Crippen molar-refractivity contribution in [3.8, 4) is 0 Å². The Morgan fingerprint density at radius 1 is 1.29 bits per heavy atom. The molecule has 0 saturated heterocycles. The Morgan fingerprint density at radius 3 is 2.67 bits per heavy atom. The summed E-state index contributed by atoms with van der Waals surface area (Å²) in [4.78, 5) is 26.4. The van der Waals surface area contributed by atoms with Gasteiger partial charge in [-0.15, -0.1) is 10.2 Å². The van der Waals surface area contributed by atoms with Crippen LogP contribution in [0.25, 0.3) is 0 Å². The molecule has 1 aliphatic rings. The number of amides is 1. The molecule has 126 valence electrons. The number of benzene rings is 1. The summed E-state index contributed by atoms with van der Waals surface area (Å²) in [7, 11) is 0. The molecule has 0 saturated carbocycles. The van der Waals surface area contributed by atoms with Crippen molar-refractivity contribution in [2.75, 3.05) is 18.0 Å². The highest BCUT2D eigenvalue weighted by Crippen LogP contribution is 2.26. The summed E-state index contributed by atoms with van der Waals surface area (Å²) < 4.78 is 1.45. The van der Waals surface area contributed by atoms with Gasteiger partial charge in [-0.25, -0.2) is 0 Å². The fraction of sp³-hybridized carbons (Fsp3) is 0.375. The van der Waals surface area contributed by atoms with E-state index in [1.54, 1.807) is 6.92 Å². The van der Waals surface area contributed by atoms with E-state index in [4.69, 9.17) is 0 Å². The maximum Gasteiger partial charge on any atom is 0.286 e. The fourth-order valence-electron chi connectivity index (χ4n) is 2.55. The molecular weight excluding hydrogens is 310 g/mol. The Bertz CT molecular complexity index is 813. The van der Waals surface area contributed by atoms with Crippen molar-refractivity contribution >= 4 is 17.5 Å². The van der Waals surface area contributed by atoms with Crippen molar-refractivity contribution in [2.45, 2.75) is 26.5 Å². The number of carbonyl (C=O) groups excluding carboxylic acids is 1. The molecule has 2 aromatic rings. The molecular formula is C16H19N5O3. The van der Waals surface area contributed by atoms with Crippen LogP contribution in [0, 0.1) is 6.92 Å². The SMILES string of the molecule is Cc1ccc(N2CCn3c2nnc(C(=O)NC[C@H](C)O)c3=O)cc1. The van der Waals surface area contributed by atoms with Crippen molar-refractivity contribution in [3.63, 3.8) is 0 Å². The number of nitrogens with zero attached hydrogens (tertiary/aromatic N) is 4. The van der Waals surface area contributed by atoms with Crippen LogP contribution in [-0.4, -0.2) is 45.0 Å². The van der Waals surface area contributed by atoms with E-state index in [-0.39, 0.29) is 12.2 Å². The maximum atomic E-state index is 12.5. The molecule has 0 bridgehead atoms. The van der Waals surface area contributed by atoms with E-state index >= 15 is 0 Å². The number of carbonyl (C=O) groups is 1. The van der Waals surface area contributed by atoms with Crippen molar-refractivity contribution in [1.82, 2.24) is 20.1 Å². The van der Waals surface area contributed by atoms with Crippen LogP contribution in [0.1, 0.15) is 23.0 Å². The van der Waals surface area contributed by atoms with Gasteiger partial charge in [0.2, 0.25) is 11.6 Å². The minimum Gasteiger partial charge on any atom is -0.392 e. The summed E-state index contributed by atoms with van der Waals surface area (Å²) >= 11 is 0. The van der Waals surface area contributed by atoms with Gasteiger partial charge in [-0.2, -0.15) is 0 Å². The van der Waals surface area contributed by atoms with Crippen LogP contribution in [0.5, 0.6) is 0 Å². The van der Waals surface area contributed by atoms with E-state index in [2.05, 4.69) is 15.5 Å². The van der Waals surface area contributed by atoms with Gasteiger partial charge >= 0.3 is 0 Å². The lowest BCUT2D eigenvalue weighted by molar-refractivity contribution is 0.0915. The first-order valence-corrected chi connectivity index (χ1v) is 7.75. The van der Waals surface area contributed by atoms with E-state index in [9.17, 15) is 14.7 Å². The largest absolute Gasteiger partial charge is 0.392 e. The summed E-state index contributed by atoms with van der Waals surface area (Å²) in [6, 6.07) is 7.89. The second kappa shape index (κ2) is 6.40. The van der Waals surface area contributed by atoms with Gasteiger partial charge in [-0.05, 0) is 26.0 Å². The van der Waals surface area contributed by atoms with Gasteiger partial charge in [0.1, 0.15) is 0 Å². The third-order valence-electron chi connectivity index (χ3n) is 3.84. The van der Waals surface area contributed by atoms with Gasteiger partial charge in [0.25, 0.3) is 11.5 Å². The number of rotatable bonds is 4. The average molecular weight is 329 g/mol. The number of hydrogen-bond acceptors (Lipinski definition) is 6. The smallest absolute Gasteiger partial charge is 0.286 e. The molecule has 3 rings (SSSR count). The first kappa shape index (κ1) is 16.1.